The highest BCUT2D eigenvalue weighted by molar-refractivity contribution is 9.10. The van der Waals surface area contributed by atoms with Crippen LogP contribution in [0.4, 0.5) is 0 Å². The number of rotatable bonds is 2. The topological polar surface area (TPSA) is 29.5 Å². The molecule has 0 saturated carbocycles. The van der Waals surface area contributed by atoms with Crippen LogP contribution in [0.5, 0.6) is 11.5 Å². The van der Waals surface area contributed by atoms with E-state index in [9.17, 15) is 5.11 Å². The van der Waals surface area contributed by atoms with Crippen LogP contribution in [0.15, 0.2) is 16.6 Å². The molecule has 2 nitrogen and oxygen atoms in total. The van der Waals surface area contributed by atoms with E-state index in [1.54, 1.807) is 12.1 Å². The maximum Gasteiger partial charge on any atom is 0.160 e. The van der Waals surface area contributed by atoms with Gasteiger partial charge in [0.2, 0.25) is 0 Å². The van der Waals surface area contributed by atoms with Crippen LogP contribution in [0, 0.1) is 12.3 Å². The van der Waals surface area contributed by atoms with Crippen molar-refractivity contribution in [3.8, 4) is 23.8 Å². The average Bonchev–Trinajstić information content (AvgIpc) is 2.17. The number of hydrogen-bond donors (Lipinski definition) is 1. The minimum atomic E-state index is -0.403. The van der Waals surface area contributed by atoms with Gasteiger partial charge in [0.1, 0.15) is 0 Å². The number of phenolic OH excluding ortho intramolecular Hbond substituents is 1. The minimum Gasteiger partial charge on any atom is -0.504 e. The van der Waals surface area contributed by atoms with Gasteiger partial charge in [0, 0.05) is 4.47 Å². The first-order chi connectivity index (χ1) is 6.92. The Balaban J connectivity index is 3.38. The Labute approximate surface area is 98.4 Å². The van der Waals surface area contributed by atoms with E-state index in [1.165, 1.54) is 7.11 Å². The van der Waals surface area contributed by atoms with E-state index in [0.717, 1.165) is 10.0 Å². The van der Waals surface area contributed by atoms with Crippen molar-refractivity contribution in [1.82, 2.24) is 0 Å². The maximum absolute atomic E-state index is 9.55. The third-order valence-electron chi connectivity index (χ3n) is 2.30. The first-order valence-corrected chi connectivity index (χ1v) is 5.26. The van der Waals surface area contributed by atoms with Crippen LogP contribution in [-0.4, -0.2) is 12.2 Å². The molecule has 0 aliphatic heterocycles. The lowest BCUT2D eigenvalue weighted by atomic mass is 9.85. The Morgan fingerprint density at radius 1 is 1.47 bits per heavy atom. The molecule has 15 heavy (non-hydrogen) atoms. The van der Waals surface area contributed by atoms with Gasteiger partial charge in [-0.05, 0) is 31.5 Å². The number of halogens is 1. The van der Waals surface area contributed by atoms with Crippen LogP contribution in [0.25, 0.3) is 0 Å². The molecule has 0 radical (unpaired) electrons. The summed E-state index contributed by atoms with van der Waals surface area (Å²) in [7, 11) is 1.51. The summed E-state index contributed by atoms with van der Waals surface area (Å²) >= 11 is 3.38. The van der Waals surface area contributed by atoms with Gasteiger partial charge in [-0.25, -0.2) is 0 Å². The summed E-state index contributed by atoms with van der Waals surface area (Å²) < 4.78 is 5.82. The monoisotopic (exact) mass is 268 g/mol. The Morgan fingerprint density at radius 3 is 2.53 bits per heavy atom. The Morgan fingerprint density at radius 2 is 2.07 bits per heavy atom. The molecule has 0 bridgehead atoms. The summed E-state index contributed by atoms with van der Waals surface area (Å²) in [5, 5.41) is 9.55. The van der Waals surface area contributed by atoms with E-state index in [-0.39, 0.29) is 5.75 Å². The summed E-state index contributed by atoms with van der Waals surface area (Å²) in [6.07, 6.45) is 5.46. The highest BCUT2D eigenvalue weighted by Gasteiger charge is 2.22. The van der Waals surface area contributed by atoms with Crippen molar-refractivity contribution >= 4 is 15.9 Å². The summed E-state index contributed by atoms with van der Waals surface area (Å²) in [6.45, 7) is 3.87. The van der Waals surface area contributed by atoms with Crippen molar-refractivity contribution in [2.75, 3.05) is 7.11 Å². The largest absolute Gasteiger partial charge is 0.504 e. The van der Waals surface area contributed by atoms with E-state index >= 15 is 0 Å². The highest BCUT2D eigenvalue weighted by atomic mass is 79.9. The van der Waals surface area contributed by atoms with Gasteiger partial charge in [-0.1, -0.05) is 21.9 Å². The number of terminal acetylenes is 1. The molecule has 1 N–H and O–H groups in total. The standard InChI is InChI=1S/C12H13BrO2/c1-5-12(2,3)8-6-11(15-4)10(14)7-9(8)13/h1,6-7,14H,2-4H3. The number of phenols is 1. The van der Waals surface area contributed by atoms with Crippen LogP contribution in [0.3, 0.4) is 0 Å². The molecule has 0 amide bonds. The van der Waals surface area contributed by atoms with Gasteiger partial charge in [0.15, 0.2) is 11.5 Å². The quantitative estimate of drug-likeness (QED) is 0.836. The fraction of sp³-hybridized carbons (Fsp3) is 0.333. The summed E-state index contributed by atoms with van der Waals surface area (Å²) in [6, 6.07) is 3.34. The molecule has 0 atom stereocenters. The van der Waals surface area contributed by atoms with Crippen molar-refractivity contribution in [1.29, 1.82) is 0 Å². The van der Waals surface area contributed by atoms with Crippen LogP contribution in [0.1, 0.15) is 19.4 Å². The molecule has 80 valence electrons. The van der Waals surface area contributed by atoms with Crippen molar-refractivity contribution in [2.24, 2.45) is 0 Å². The molecule has 1 rings (SSSR count). The van der Waals surface area contributed by atoms with Gasteiger partial charge in [-0.15, -0.1) is 6.42 Å². The predicted molar refractivity (Wildman–Crippen MR) is 64.2 cm³/mol. The number of benzene rings is 1. The van der Waals surface area contributed by atoms with E-state index in [2.05, 4.69) is 21.9 Å². The van der Waals surface area contributed by atoms with Gasteiger partial charge < -0.3 is 9.84 Å². The SMILES string of the molecule is C#CC(C)(C)c1cc(OC)c(O)cc1Br. The second-order valence-corrected chi connectivity index (χ2v) is 4.63. The molecule has 0 saturated heterocycles. The molecule has 0 aromatic heterocycles. The maximum atomic E-state index is 9.55. The van der Waals surface area contributed by atoms with Crippen molar-refractivity contribution < 1.29 is 9.84 Å². The zero-order valence-electron chi connectivity index (χ0n) is 8.97. The Hall–Kier alpha value is -1.14. The molecule has 0 unspecified atom stereocenters. The molecule has 1 aromatic rings. The highest BCUT2D eigenvalue weighted by Crippen LogP contribution is 2.37. The van der Waals surface area contributed by atoms with Crippen LogP contribution in [0.2, 0.25) is 0 Å². The second kappa shape index (κ2) is 4.16. The molecule has 0 heterocycles. The second-order valence-electron chi connectivity index (χ2n) is 3.77. The van der Waals surface area contributed by atoms with Gasteiger partial charge in [-0.3, -0.25) is 0 Å². The minimum absolute atomic E-state index is 0.0981. The van der Waals surface area contributed by atoms with Crippen molar-refractivity contribution in [3.63, 3.8) is 0 Å². The van der Waals surface area contributed by atoms with Crippen molar-refractivity contribution in [2.45, 2.75) is 19.3 Å². The van der Waals surface area contributed by atoms with Gasteiger partial charge >= 0.3 is 0 Å². The average molecular weight is 269 g/mol. The molecule has 3 heteroatoms. The molecule has 1 aromatic carbocycles. The molecule has 0 fully saturated rings. The van der Waals surface area contributed by atoms with Gasteiger partial charge in [-0.2, -0.15) is 0 Å². The number of hydrogen-bond acceptors (Lipinski definition) is 2. The van der Waals surface area contributed by atoms with Gasteiger partial charge in [0.05, 0.1) is 12.5 Å². The lowest BCUT2D eigenvalue weighted by molar-refractivity contribution is 0.372. The molecular weight excluding hydrogens is 256 g/mol. The third-order valence-corrected chi connectivity index (χ3v) is 2.96. The van der Waals surface area contributed by atoms with Crippen LogP contribution >= 0.6 is 15.9 Å². The summed E-state index contributed by atoms with van der Waals surface area (Å²) in [5.41, 5.74) is 0.513. The smallest absolute Gasteiger partial charge is 0.160 e. The Kier molecular flexibility index (Phi) is 3.31. The normalized spacial score (nSPS) is 10.9. The lowest BCUT2D eigenvalue weighted by Crippen LogP contribution is -2.14. The molecule has 0 spiro atoms. The first-order valence-electron chi connectivity index (χ1n) is 4.47. The van der Waals surface area contributed by atoms with E-state index in [0.29, 0.717) is 5.75 Å². The fourth-order valence-corrected chi connectivity index (χ4v) is 2.09. The molecule has 0 aliphatic rings. The number of methoxy groups -OCH3 is 1. The predicted octanol–water partition coefficient (Wildman–Crippen LogP) is 3.07. The van der Waals surface area contributed by atoms with Crippen molar-refractivity contribution in [3.05, 3.63) is 22.2 Å². The summed E-state index contributed by atoms with van der Waals surface area (Å²) in [4.78, 5) is 0. The summed E-state index contributed by atoms with van der Waals surface area (Å²) in [5.74, 6) is 3.23. The Bertz CT molecular complexity index is 416. The first kappa shape index (κ1) is 11.9. The number of aromatic hydroxyl groups is 1. The third kappa shape index (κ3) is 2.27. The van der Waals surface area contributed by atoms with E-state index in [4.69, 9.17) is 11.2 Å². The lowest BCUT2D eigenvalue weighted by Gasteiger charge is -2.21. The van der Waals surface area contributed by atoms with E-state index in [1.807, 2.05) is 13.8 Å². The zero-order valence-corrected chi connectivity index (χ0v) is 10.6. The molecule has 0 aliphatic carbocycles. The van der Waals surface area contributed by atoms with E-state index < -0.39 is 5.41 Å². The fourth-order valence-electron chi connectivity index (χ4n) is 1.26. The van der Waals surface area contributed by atoms with Crippen LogP contribution in [-0.2, 0) is 5.41 Å². The zero-order chi connectivity index (χ0) is 11.6. The van der Waals surface area contributed by atoms with Gasteiger partial charge in [0.25, 0.3) is 0 Å². The molecular formula is C12H13BrO2. The van der Waals surface area contributed by atoms with Crippen LogP contribution < -0.4 is 4.74 Å². The number of ether oxygens (including phenoxy) is 1.